The number of carbonyl (C=O) groups excluding carboxylic acids is 1. The van der Waals surface area contributed by atoms with E-state index in [1.165, 1.54) is 0 Å². The van der Waals surface area contributed by atoms with Gasteiger partial charge in [0.25, 0.3) is 0 Å². The minimum absolute atomic E-state index is 0. The molecule has 2 aliphatic rings. The molecule has 0 aliphatic carbocycles. The van der Waals surface area contributed by atoms with E-state index in [1.54, 1.807) is 19.0 Å². The van der Waals surface area contributed by atoms with Gasteiger partial charge in [-0.15, -0.1) is 24.0 Å². The number of amides is 1. The number of nitrogens with zero attached hydrogens (tertiary/aromatic N) is 2. The van der Waals surface area contributed by atoms with Crippen LogP contribution in [0.5, 0.6) is 0 Å². The molecule has 0 aromatic carbocycles. The molecule has 2 heterocycles. The lowest BCUT2D eigenvalue weighted by molar-refractivity contribution is -0.127. The van der Waals surface area contributed by atoms with Crippen molar-refractivity contribution in [2.45, 2.75) is 25.7 Å². The molecule has 8 nitrogen and oxygen atoms in total. The summed E-state index contributed by atoms with van der Waals surface area (Å²) in [5.74, 6) is 1.81. The predicted molar refractivity (Wildman–Crippen MR) is 120 cm³/mol. The van der Waals surface area contributed by atoms with Crippen molar-refractivity contribution in [1.82, 2.24) is 15.5 Å². The second kappa shape index (κ2) is 15.2. The molecule has 2 aliphatic heterocycles. The molecule has 0 radical (unpaired) electrons. The molecule has 1 atom stereocenters. The van der Waals surface area contributed by atoms with Gasteiger partial charge in [0.15, 0.2) is 5.96 Å². The Hall–Kier alpha value is -0.650. The molecular weight excluding hydrogens is 475 g/mol. The van der Waals surface area contributed by atoms with Gasteiger partial charge in [0.1, 0.15) is 6.54 Å². The van der Waals surface area contributed by atoms with Crippen LogP contribution in [0.4, 0.5) is 0 Å². The summed E-state index contributed by atoms with van der Waals surface area (Å²) in [6.07, 6.45) is 4.17. The topological polar surface area (TPSA) is 84.4 Å². The van der Waals surface area contributed by atoms with E-state index in [9.17, 15) is 4.79 Å². The van der Waals surface area contributed by atoms with Gasteiger partial charge in [0, 0.05) is 66.1 Å². The molecule has 2 rings (SSSR count). The molecule has 0 bridgehead atoms. The maximum Gasteiger partial charge on any atom is 0.243 e. The van der Waals surface area contributed by atoms with Crippen molar-refractivity contribution >= 4 is 35.8 Å². The molecule has 2 N–H and O–H groups in total. The molecular formula is C19H37IN4O4. The van der Waals surface area contributed by atoms with Crippen LogP contribution in [0.1, 0.15) is 25.7 Å². The summed E-state index contributed by atoms with van der Waals surface area (Å²) < 4.78 is 16.6. The number of hydrogen-bond acceptors (Lipinski definition) is 5. The summed E-state index contributed by atoms with van der Waals surface area (Å²) in [4.78, 5) is 17.7. The average Bonchev–Trinajstić information content (AvgIpc) is 3.20. The minimum Gasteiger partial charge on any atom is -0.381 e. The Bertz CT molecular complexity index is 453. The number of hydrogen-bond donors (Lipinski definition) is 2. The molecule has 0 saturated carbocycles. The second-order valence-electron chi connectivity index (χ2n) is 7.47. The van der Waals surface area contributed by atoms with Crippen molar-refractivity contribution < 1.29 is 19.0 Å². The molecule has 2 saturated heterocycles. The van der Waals surface area contributed by atoms with Gasteiger partial charge in [0.2, 0.25) is 5.91 Å². The van der Waals surface area contributed by atoms with Crippen LogP contribution >= 0.6 is 24.0 Å². The molecule has 0 aromatic heterocycles. The van der Waals surface area contributed by atoms with E-state index in [2.05, 4.69) is 15.6 Å². The fourth-order valence-electron chi connectivity index (χ4n) is 2.99. The van der Waals surface area contributed by atoms with Crippen LogP contribution in [-0.2, 0) is 19.0 Å². The lowest BCUT2D eigenvalue weighted by atomic mass is 10.0. The van der Waals surface area contributed by atoms with Crippen LogP contribution in [0.25, 0.3) is 0 Å². The first-order valence-corrected chi connectivity index (χ1v) is 10.1. The molecule has 0 aromatic rings. The quantitative estimate of drug-likeness (QED) is 0.198. The summed E-state index contributed by atoms with van der Waals surface area (Å²) in [6, 6.07) is 0. The van der Waals surface area contributed by atoms with Crippen LogP contribution in [0.15, 0.2) is 4.99 Å². The van der Waals surface area contributed by atoms with Crippen LogP contribution in [-0.4, -0.2) is 90.1 Å². The largest absolute Gasteiger partial charge is 0.381 e. The van der Waals surface area contributed by atoms with Gasteiger partial charge in [-0.25, -0.2) is 4.99 Å². The van der Waals surface area contributed by atoms with Gasteiger partial charge in [-0.1, -0.05) is 0 Å². The number of ether oxygens (including phenoxy) is 3. The third-order valence-electron chi connectivity index (χ3n) is 4.91. The molecule has 1 amide bonds. The van der Waals surface area contributed by atoms with E-state index in [0.717, 1.165) is 78.4 Å². The third kappa shape index (κ3) is 10.8. The number of nitrogens with one attached hydrogen (secondary N) is 2. The average molecular weight is 512 g/mol. The van der Waals surface area contributed by atoms with Gasteiger partial charge >= 0.3 is 0 Å². The Morgan fingerprint density at radius 1 is 1.11 bits per heavy atom. The summed E-state index contributed by atoms with van der Waals surface area (Å²) in [7, 11) is 3.48. The van der Waals surface area contributed by atoms with Crippen molar-refractivity contribution in [2.75, 3.05) is 73.4 Å². The van der Waals surface area contributed by atoms with Gasteiger partial charge in [0.05, 0.1) is 6.61 Å². The number of rotatable bonds is 10. The summed E-state index contributed by atoms with van der Waals surface area (Å²) in [5.41, 5.74) is 0. The number of likely N-dealkylation sites (N-methyl/N-ethyl adjacent to an activating group) is 1. The van der Waals surface area contributed by atoms with Gasteiger partial charge in [-0.05, 0) is 31.6 Å². The third-order valence-corrected chi connectivity index (χ3v) is 4.91. The predicted octanol–water partition coefficient (Wildman–Crippen LogP) is 1.10. The highest BCUT2D eigenvalue weighted by atomic mass is 127. The number of carbonyl (C=O) groups is 1. The van der Waals surface area contributed by atoms with Gasteiger partial charge < -0.3 is 29.7 Å². The molecule has 28 heavy (non-hydrogen) atoms. The fraction of sp³-hybridized carbons (Fsp3) is 0.895. The maximum atomic E-state index is 11.8. The number of halogens is 1. The van der Waals surface area contributed by atoms with Crippen molar-refractivity contribution in [3.63, 3.8) is 0 Å². The zero-order valence-corrected chi connectivity index (χ0v) is 19.6. The van der Waals surface area contributed by atoms with E-state index in [4.69, 9.17) is 14.2 Å². The smallest absolute Gasteiger partial charge is 0.243 e. The Morgan fingerprint density at radius 3 is 2.50 bits per heavy atom. The lowest BCUT2D eigenvalue weighted by Gasteiger charge is -2.21. The van der Waals surface area contributed by atoms with Gasteiger partial charge in [-0.2, -0.15) is 0 Å². The van der Waals surface area contributed by atoms with Crippen LogP contribution < -0.4 is 10.6 Å². The van der Waals surface area contributed by atoms with Crippen molar-refractivity contribution in [3.8, 4) is 0 Å². The Balaban J connectivity index is 0.00000392. The maximum absolute atomic E-state index is 11.8. The van der Waals surface area contributed by atoms with Crippen molar-refractivity contribution in [3.05, 3.63) is 0 Å². The Morgan fingerprint density at radius 2 is 1.82 bits per heavy atom. The molecule has 9 heteroatoms. The first-order chi connectivity index (χ1) is 13.1. The molecule has 2 fully saturated rings. The second-order valence-corrected chi connectivity index (χ2v) is 7.47. The SMILES string of the molecule is CN(C)C(=O)CN=C(NCCCOCC1CCOCC1)NCC1CCOC1.I. The Kier molecular flexibility index (Phi) is 13.8. The zero-order valence-electron chi connectivity index (χ0n) is 17.3. The van der Waals surface area contributed by atoms with E-state index in [-0.39, 0.29) is 36.4 Å². The highest BCUT2D eigenvalue weighted by Crippen LogP contribution is 2.14. The zero-order chi connectivity index (χ0) is 19.3. The fourth-order valence-corrected chi connectivity index (χ4v) is 2.99. The first kappa shape index (κ1) is 25.4. The van der Waals surface area contributed by atoms with Gasteiger partial charge in [-0.3, -0.25) is 4.79 Å². The standard InChI is InChI=1S/C19H36N4O4.HI/c1-23(2)18(24)13-22-19(21-12-17-6-11-27-15-17)20-7-3-8-26-14-16-4-9-25-10-5-16;/h16-17H,3-15H2,1-2H3,(H2,20,21,22);1H. The van der Waals surface area contributed by atoms with E-state index >= 15 is 0 Å². The molecule has 0 spiro atoms. The minimum atomic E-state index is -0.0138. The Labute approximate surface area is 186 Å². The van der Waals surface area contributed by atoms with E-state index in [1.807, 2.05) is 0 Å². The summed E-state index contributed by atoms with van der Waals surface area (Å²) in [5, 5.41) is 6.64. The summed E-state index contributed by atoms with van der Waals surface area (Å²) >= 11 is 0. The monoisotopic (exact) mass is 512 g/mol. The normalized spacial score (nSPS) is 20.5. The highest BCUT2D eigenvalue weighted by Gasteiger charge is 2.16. The van der Waals surface area contributed by atoms with E-state index < -0.39 is 0 Å². The molecule has 1 unspecified atom stereocenters. The van der Waals surface area contributed by atoms with Crippen LogP contribution in [0.3, 0.4) is 0 Å². The summed E-state index contributed by atoms with van der Waals surface area (Å²) in [6.45, 7) is 6.60. The number of aliphatic imine (C=N–C) groups is 1. The van der Waals surface area contributed by atoms with Crippen molar-refractivity contribution in [2.24, 2.45) is 16.8 Å². The van der Waals surface area contributed by atoms with Crippen LogP contribution in [0.2, 0.25) is 0 Å². The molecule has 164 valence electrons. The first-order valence-electron chi connectivity index (χ1n) is 10.1. The van der Waals surface area contributed by atoms with Crippen molar-refractivity contribution in [1.29, 1.82) is 0 Å². The highest BCUT2D eigenvalue weighted by molar-refractivity contribution is 14.0. The van der Waals surface area contributed by atoms with E-state index in [0.29, 0.717) is 17.8 Å². The van der Waals surface area contributed by atoms with Crippen LogP contribution in [0, 0.1) is 11.8 Å². The number of guanidine groups is 1. The lowest BCUT2D eigenvalue weighted by Crippen LogP contribution is -2.41.